The first kappa shape index (κ1) is 15.7. The molecule has 0 saturated carbocycles. The van der Waals surface area contributed by atoms with Gasteiger partial charge in [0.15, 0.2) is 0 Å². The van der Waals surface area contributed by atoms with Crippen molar-refractivity contribution in [3.05, 3.63) is 42.2 Å². The summed E-state index contributed by atoms with van der Waals surface area (Å²) in [5, 5.41) is 12.0. The normalized spacial score (nSPS) is 16.6. The highest BCUT2D eigenvalue weighted by Gasteiger charge is 2.27. The summed E-state index contributed by atoms with van der Waals surface area (Å²) in [5.74, 6) is -0.907. The van der Waals surface area contributed by atoms with Gasteiger partial charge in [-0.1, -0.05) is 12.1 Å². The highest BCUT2D eigenvalue weighted by Crippen LogP contribution is 2.19. The number of benzene rings is 1. The van der Waals surface area contributed by atoms with Crippen LogP contribution < -0.4 is 16.0 Å². The second kappa shape index (κ2) is 6.53. The third-order valence-electron chi connectivity index (χ3n) is 3.70. The van der Waals surface area contributed by atoms with E-state index in [1.54, 1.807) is 42.2 Å². The highest BCUT2D eigenvalue weighted by molar-refractivity contribution is 6.09. The van der Waals surface area contributed by atoms with E-state index in [1.165, 1.54) is 6.20 Å². The Morgan fingerprint density at radius 1 is 1.33 bits per heavy atom. The van der Waals surface area contributed by atoms with Crippen LogP contribution in [0, 0.1) is 0 Å². The molecule has 3 rings (SSSR count). The van der Waals surface area contributed by atoms with Gasteiger partial charge >= 0.3 is 0 Å². The molecule has 3 N–H and O–H groups in total. The van der Waals surface area contributed by atoms with Gasteiger partial charge in [-0.2, -0.15) is 5.10 Å². The smallest absolute Gasteiger partial charge is 0.254 e. The number of nitrogens with one attached hydrogen (secondary N) is 3. The molecule has 2 aromatic rings. The van der Waals surface area contributed by atoms with E-state index in [0.29, 0.717) is 16.9 Å². The van der Waals surface area contributed by atoms with Gasteiger partial charge < -0.3 is 16.0 Å². The second-order valence-corrected chi connectivity index (χ2v) is 5.55. The molecule has 0 spiro atoms. The molecule has 3 amide bonds. The maximum absolute atomic E-state index is 12.2. The van der Waals surface area contributed by atoms with Crippen LogP contribution in [-0.2, 0) is 16.6 Å². The van der Waals surface area contributed by atoms with Crippen LogP contribution in [0.5, 0.6) is 0 Å². The predicted octanol–water partition coefficient (Wildman–Crippen LogP) is 0.889. The molecule has 8 heteroatoms. The van der Waals surface area contributed by atoms with Crippen molar-refractivity contribution in [2.45, 2.75) is 18.9 Å². The number of rotatable bonds is 4. The summed E-state index contributed by atoms with van der Waals surface area (Å²) in [5.41, 5.74) is 1.47. The number of carbonyl (C=O) groups is 3. The van der Waals surface area contributed by atoms with Crippen molar-refractivity contribution in [2.75, 3.05) is 10.6 Å². The van der Waals surface area contributed by atoms with E-state index in [4.69, 9.17) is 0 Å². The number of fused-ring (bicyclic) bond motifs is 1. The molecule has 2 heterocycles. The minimum atomic E-state index is -0.760. The number of hydrogen-bond acceptors (Lipinski definition) is 4. The molecular formula is C16H17N5O3. The fourth-order valence-electron chi connectivity index (χ4n) is 2.50. The number of hydrogen-bond donors (Lipinski definition) is 3. The molecule has 1 aliphatic heterocycles. The Balaban J connectivity index is 1.60. The Kier molecular flexibility index (Phi) is 4.28. The van der Waals surface area contributed by atoms with Crippen LogP contribution in [0.2, 0.25) is 0 Å². The summed E-state index contributed by atoms with van der Waals surface area (Å²) in [4.78, 5) is 36.4. The molecule has 0 radical (unpaired) electrons. The van der Waals surface area contributed by atoms with E-state index in [1.807, 2.05) is 0 Å². The molecule has 0 bridgehead atoms. The van der Waals surface area contributed by atoms with Gasteiger partial charge in [0.05, 0.1) is 23.1 Å². The Hall–Kier alpha value is -3.16. The largest absolute Gasteiger partial charge is 0.340 e. The van der Waals surface area contributed by atoms with Crippen LogP contribution in [0.25, 0.3) is 0 Å². The minimum absolute atomic E-state index is 0.101. The Morgan fingerprint density at radius 2 is 2.12 bits per heavy atom. The first-order valence-corrected chi connectivity index (χ1v) is 7.52. The third kappa shape index (κ3) is 3.43. The molecule has 1 atom stereocenters. The molecule has 0 aliphatic carbocycles. The van der Waals surface area contributed by atoms with Crippen molar-refractivity contribution in [1.29, 1.82) is 0 Å². The molecule has 0 fully saturated rings. The Bertz CT molecular complexity index is 799. The number of carbonyl (C=O) groups excluding carboxylic acids is 3. The molecule has 24 heavy (non-hydrogen) atoms. The van der Waals surface area contributed by atoms with E-state index in [9.17, 15) is 14.4 Å². The monoisotopic (exact) mass is 327 g/mol. The first-order valence-electron chi connectivity index (χ1n) is 7.52. The fourth-order valence-corrected chi connectivity index (χ4v) is 2.50. The van der Waals surface area contributed by atoms with Crippen LogP contribution in [0.3, 0.4) is 0 Å². The fraction of sp³-hybridized carbons (Fsp3) is 0.250. The van der Waals surface area contributed by atoms with Crippen LogP contribution in [0.1, 0.15) is 23.2 Å². The maximum atomic E-state index is 12.2. The van der Waals surface area contributed by atoms with Gasteiger partial charge in [-0.15, -0.1) is 0 Å². The zero-order valence-electron chi connectivity index (χ0n) is 13.1. The summed E-state index contributed by atoms with van der Waals surface area (Å²) in [7, 11) is 1.75. The highest BCUT2D eigenvalue weighted by atomic mass is 16.2. The molecule has 124 valence electrons. The van der Waals surface area contributed by atoms with Crippen LogP contribution in [0.15, 0.2) is 36.7 Å². The van der Waals surface area contributed by atoms with E-state index in [-0.39, 0.29) is 30.6 Å². The third-order valence-corrected chi connectivity index (χ3v) is 3.70. The maximum Gasteiger partial charge on any atom is 0.254 e. The molecule has 8 nitrogen and oxygen atoms in total. The van der Waals surface area contributed by atoms with E-state index < -0.39 is 6.04 Å². The molecule has 1 aromatic heterocycles. The van der Waals surface area contributed by atoms with Crippen molar-refractivity contribution >= 4 is 29.1 Å². The average molecular weight is 327 g/mol. The summed E-state index contributed by atoms with van der Waals surface area (Å²) < 4.78 is 1.58. The van der Waals surface area contributed by atoms with Crippen LogP contribution >= 0.6 is 0 Å². The molecule has 0 saturated heterocycles. The quantitative estimate of drug-likeness (QED) is 0.775. The van der Waals surface area contributed by atoms with E-state index in [2.05, 4.69) is 21.0 Å². The number of anilines is 2. The van der Waals surface area contributed by atoms with Crippen molar-refractivity contribution in [3.8, 4) is 0 Å². The van der Waals surface area contributed by atoms with Gasteiger partial charge in [0.25, 0.3) is 5.91 Å². The van der Waals surface area contributed by atoms with Gasteiger partial charge in [-0.05, 0) is 18.6 Å². The lowest BCUT2D eigenvalue weighted by Gasteiger charge is -2.14. The Morgan fingerprint density at radius 3 is 2.88 bits per heavy atom. The predicted molar refractivity (Wildman–Crippen MR) is 87.4 cm³/mol. The van der Waals surface area contributed by atoms with E-state index in [0.717, 1.165) is 0 Å². The van der Waals surface area contributed by atoms with E-state index >= 15 is 0 Å². The van der Waals surface area contributed by atoms with Crippen LogP contribution in [-0.4, -0.2) is 33.5 Å². The number of aromatic nitrogens is 2. The van der Waals surface area contributed by atoms with Crippen molar-refractivity contribution in [3.63, 3.8) is 0 Å². The molecule has 1 aliphatic rings. The zero-order chi connectivity index (χ0) is 17.1. The molecule has 1 aromatic carbocycles. The van der Waals surface area contributed by atoms with Gasteiger partial charge in [-0.3, -0.25) is 19.1 Å². The lowest BCUT2D eigenvalue weighted by Crippen LogP contribution is -2.41. The molecule has 0 unspecified atom stereocenters. The average Bonchev–Trinajstić information content (AvgIpc) is 2.91. The summed E-state index contributed by atoms with van der Waals surface area (Å²) in [6.07, 6.45) is 3.52. The summed E-state index contributed by atoms with van der Waals surface area (Å²) in [6, 6.07) is 6.03. The second-order valence-electron chi connectivity index (χ2n) is 5.55. The SMILES string of the molecule is Cn1cc(NC(=O)CC[C@H]2NC(=O)c3ccccc3NC2=O)cn1. The number of amides is 3. The zero-order valence-corrected chi connectivity index (χ0v) is 13.1. The lowest BCUT2D eigenvalue weighted by atomic mass is 10.1. The summed E-state index contributed by atoms with van der Waals surface area (Å²) in [6.45, 7) is 0. The standard InChI is InChI=1S/C16H17N5O3/c1-21-9-10(8-17-21)18-14(22)7-6-13-16(24)19-12-5-3-2-4-11(12)15(23)20-13/h2-5,8-9,13H,6-7H2,1H3,(H,18,22)(H,19,24)(H,20,23)/t13-/m1/s1. The summed E-state index contributed by atoms with van der Waals surface area (Å²) >= 11 is 0. The minimum Gasteiger partial charge on any atom is -0.340 e. The number of nitrogens with zero attached hydrogens (tertiary/aromatic N) is 2. The lowest BCUT2D eigenvalue weighted by molar-refractivity contribution is -0.118. The number of para-hydroxylation sites is 1. The van der Waals surface area contributed by atoms with Crippen molar-refractivity contribution in [2.24, 2.45) is 7.05 Å². The van der Waals surface area contributed by atoms with Crippen molar-refractivity contribution < 1.29 is 14.4 Å². The Labute approximate surface area is 138 Å². The first-order chi connectivity index (χ1) is 11.5. The van der Waals surface area contributed by atoms with Crippen LogP contribution in [0.4, 0.5) is 11.4 Å². The van der Waals surface area contributed by atoms with Gasteiger partial charge in [-0.25, -0.2) is 0 Å². The van der Waals surface area contributed by atoms with Gasteiger partial charge in [0.1, 0.15) is 6.04 Å². The topological polar surface area (TPSA) is 105 Å². The van der Waals surface area contributed by atoms with Gasteiger partial charge in [0.2, 0.25) is 11.8 Å². The van der Waals surface area contributed by atoms with Gasteiger partial charge in [0, 0.05) is 19.7 Å². The van der Waals surface area contributed by atoms with Crippen molar-refractivity contribution in [1.82, 2.24) is 15.1 Å². The molecular weight excluding hydrogens is 310 g/mol. The number of aryl methyl sites for hydroxylation is 1.